The Morgan fingerprint density at radius 2 is 1.79 bits per heavy atom. The van der Waals surface area contributed by atoms with Crippen molar-refractivity contribution in [3.8, 4) is 11.5 Å². The van der Waals surface area contributed by atoms with Crippen molar-refractivity contribution in [1.82, 2.24) is 10.2 Å². The summed E-state index contributed by atoms with van der Waals surface area (Å²) < 4.78 is 11.7. The van der Waals surface area contributed by atoms with Crippen LogP contribution in [-0.2, 0) is 22.6 Å². The van der Waals surface area contributed by atoms with Gasteiger partial charge in [-0.25, -0.2) is 0 Å². The maximum Gasteiger partial charge on any atom is 0.311 e. The zero-order valence-electron chi connectivity index (χ0n) is 21.3. The lowest BCUT2D eigenvalue weighted by atomic mass is 10.0. The zero-order chi connectivity index (χ0) is 27.5. The van der Waals surface area contributed by atoms with E-state index in [1.807, 2.05) is 61.5 Å². The van der Waals surface area contributed by atoms with Gasteiger partial charge in [0.25, 0.3) is 5.91 Å². The lowest BCUT2D eigenvalue weighted by Gasteiger charge is -2.31. The quantitative estimate of drug-likeness (QED) is 0.226. The Balaban J connectivity index is 1.90. The lowest BCUT2D eigenvalue weighted by Crippen LogP contribution is -2.51. The molecule has 0 heterocycles. The number of hydrogen-bond donors (Lipinski definition) is 1. The minimum Gasteiger partial charge on any atom is -0.490 e. The van der Waals surface area contributed by atoms with Gasteiger partial charge in [-0.3, -0.25) is 19.7 Å². The van der Waals surface area contributed by atoms with Crippen molar-refractivity contribution in [3.05, 3.63) is 98.5 Å². The molecule has 10 heteroatoms. The summed E-state index contributed by atoms with van der Waals surface area (Å²) in [4.78, 5) is 39.1. The molecule has 1 N–H and O–H groups in total. The molecule has 0 bridgehead atoms. The van der Waals surface area contributed by atoms with Crippen molar-refractivity contribution in [2.45, 2.75) is 32.4 Å². The average Bonchev–Trinajstić information content (AvgIpc) is 2.92. The van der Waals surface area contributed by atoms with Crippen molar-refractivity contribution >= 4 is 33.4 Å². The smallest absolute Gasteiger partial charge is 0.311 e. The largest absolute Gasteiger partial charge is 0.490 e. The summed E-state index contributed by atoms with van der Waals surface area (Å²) in [5.74, 6) is -0.406. The highest BCUT2D eigenvalue weighted by Crippen LogP contribution is 2.31. The number of amides is 2. The van der Waals surface area contributed by atoms with E-state index in [1.165, 1.54) is 30.2 Å². The van der Waals surface area contributed by atoms with E-state index in [9.17, 15) is 19.7 Å². The lowest BCUT2D eigenvalue weighted by molar-refractivity contribution is -0.385. The van der Waals surface area contributed by atoms with Crippen LogP contribution in [0.2, 0.25) is 0 Å². The van der Waals surface area contributed by atoms with Gasteiger partial charge in [0.2, 0.25) is 11.7 Å². The molecule has 0 aliphatic carbocycles. The predicted molar refractivity (Wildman–Crippen MR) is 147 cm³/mol. The van der Waals surface area contributed by atoms with Crippen LogP contribution in [0.4, 0.5) is 5.69 Å². The molecule has 3 aromatic carbocycles. The van der Waals surface area contributed by atoms with Crippen molar-refractivity contribution in [2.75, 3.05) is 20.3 Å². The van der Waals surface area contributed by atoms with Gasteiger partial charge >= 0.3 is 5.69 Å². The average molecular weight is 584 g/mol. The van der Waals surface area contributed by atoms with E-state index in [2.05, 4.69) is 21.2 Å². The van der Waals surface area contributed by atoms with Crippen LogP contribution in [0, 0.1) is 10.1 Å². The fourth-order valence-electron chi connectivity index (χ4n) is 3.88. The van der Waals surface area contributed by atoms with Gasteiger partial charge in [0, 0.05) is 36.1 Å². The molecule has 0 fully saturated rings. The molecule has 2 amide bonds. The fraction of sp³-hybridized carbons (Fsp3) is 0.286. The molecule has 0 aliphatic rings. The Kier molecular flexibility index (Phi) is 10.7. The number of benzene rings is 3. The molecule has 3 rings (SSSR count). The van der Waals surface area contributed by atoms with Crippen LogP contribution < -0.4 is 14.8 Å². The second-order valence-electron chi connectivity index (χ2n) is 8.53. The number of hydrogen-bond acceptors (Lipinski definition) is 6. The Morgan fingerprint density at radius 1 is 1.05 bits per heavy atom. The monoisotopic (exact) mass is 583 g/mol. The second-order valence-corrected chi connectivity index (χ2v) is 9.44. The summed E-state index contributed by atoms with van der Waals surface area (Å²) in [5.41, 5.74) is 1.54. The minimum atomic E-state index is -0.787. The molecule has 38 heavy (non-hydrogen) atoms. The summed E-state index contributed by atoms with van der Waals surface area (Å²) >= 11 is 3.47. The minimum absolute atomic E-state index is 0.0202. The molecule has 0 unspecified atom stereocenters. The van der Waals surface area contributed by atoms with Gasteiger partial charge in [-0.05, 0) is 35.7 Å². The van der Waals surface area contributed by atoms with Crippen molar-refractivity contribution in [3.63, 3.8) is 0 Å². The molecule has 0 radical (unpaired) electrons. The molecule has 1 atom stereocenters. The number of carbonyl (C=O) groups excluding carboxylic acids is 2. The molecule has 3 aromatic rings. The summed E-state index contributed by atoms with van der Waals surface area (Å²) in [6, 6.07) is 20.3. The molecule has 9 nitrogen and oxygen atoms in total. The van der Waals surface area contributed by atoms with Crippen LogP contribution in [0.5, 0.6) is 11.5 Å². The highest BCUT2D eigenvalue weighted by molar-refractivity contribution is 9.10. The maximum atomic E-state index is 13.6. The van der Waals surface area contributed by atoms with E-state index < -0.39 is 16.9 Å². The first kappa shape index (κ1) is 28.6. The van der Waals surface area contributed by atoms with E-state index >= 15 is 0 Å². The van der Waals surface area contributed by atoms with Crippen LogP contribution in [0.15, 0.2) is 77.3 Å². The first-order chi connectivity index (χ1) is 18.3. The molecule has 0 aliphatic heterocycles. The van der Waals surface area contributed by atoms with Crippen LogP contribution in [0.3, 0.4) is 0 Å². The highest BCUT2D eigenvalue weighted by atomic mass is 79.9. The number of carbonyl (C=O) groups is 2. The molecule has 0 aromatic heterocycles. The number of methoxy groups -OCH3 is 1. The van der Waals surface area contributed by atoms with Gasteiger partial charge in [0.05, 0.1) is 12.0 Å². The first-order valence-electron chi connectivity index (χ1n) is 12.1. The van der Waals surface area contributed by atoms with E-state index in [1.54, 1.807) is 0 Å². The second kappa shape index (κ2) is 14.1. The van der Waals surface area contributed by atoms with Crippen molar-refractivity contribution in [2.24, 2.45) is 0 Å². The molecule has 200 valence electrons. The molecule has 0 saturated carbocycles. The van der Waals surface area contributed by atoms with Crippen LogP contribution in [-0.4, -0.2) is 47.9 Å². The summed E-state index contributed by atoms with van der Waals surface area (Å²) in [7, 11) is 1.32. The van der Waals surface area contributed by atoms with E-state index in [-0.39, 0.29) is 36.2 Å². The molecule has 0 spiro atoms. The zero-order valence-corrected chi connectivity index (χ0v) is 22.8. The SMILES string of the molecule is CCCNC(=O)[C@H](Cc1ccccc1)N(Cc1cccc(Br)c1)C(=O)COc1ccc([N+](=O)[O-])c(OC)c1. The molecular formula is C28H30BrN3O6. The Hall–Kier alpha value is -3.92. The number of nitrogens with zero attached hydrogens (tertiary/aromatic N) is 2. The predicted octanol–water partition coefficient (Wildman–Crippen LogP) is 4.91. The van der Waals surface area contributed by atoms with Crippen LogP contribution >= 0.6 is 15.9 Å². The standard InChI is InChI=1S/C28H30BrN3O6/c1-3-14-30-28(34)25(16-20-8-5-4-6-9-20)31(18-21-10-7-11-22(29)15-21)27(33)19-38-23-12-13-24(32(35)36)26(17-23)37-2/h4-13,15,17,25H,3,14,16,18-19H2,1-2H3,(H,30,34)/t25-/m0/s1. The van der Waals surface area contributed by atoms with Gasteiger partial charge in [0.1, 0.15) is 11.8 Å². The third-order valence-electron chi connectivity index (χ3n) is 5.77. The number of nitro groups is 1. The van der Waals surface area contributed by atoms with E-state index in [0.717, 1.165) is 22.0 Å². The Morgan fingerprint density at radius 3 is 2.45 bits per heavy atom. The van der Waals surface area contributed by atoms with Gasteiger partial charge in [-0.1, -0.05) is 65.3 Å². The number of halogens is 1. The van der Waals surface area contributed by atoms with Gasteiger partial charge in [-0.15, -0.1) is 0 Å². The fourth-order valence-corrected chi connectivity index (χ4v) is 4.33. The van der Waals surface area contributed by atoms with Gasteiger partial charge in [0.15, 0.2) is 6.61 Å². The van der Waals surface area contributed by atoms with Gasteiger partial charge < -0.3 is 19.7 Å². The van der Waals surface area contributed by atoms with E-state index in [4.69, 9.17) is 9.47 Å². The Labute approximate surface area is 230 Å². The van der Waals surface area contributed by atoms with Crippen LogP contribution in [0.1, 0.15) is 24.5 Å². The van der Waals surface area contributed by atoms with Crippen molar-refractivity contribution < 1.29 is 24.0 Å². The molecular weight excluding hydrogens is 554 g/mol. The normalized spacial score (nSPS) is 11.3. The number of nitro benzene ring substituents is 1. The first-order valence-corrected chi connectivity index (χ1v) is 12.9. The number of nitrogens with one attached hydrogen (secondary N) is 1. The topological polar surface area (TPSA) is 111 Å². The maximum absolute atomic E-state index is 13.6. The number of ether oxygens (including phenoxy) is 2. The third kappa shape index (κ3) is 8.04. The van der Waals surface area contributed by atoms with E-state index in [0.29, 0.717) is 13.0 Å². The summed E-state index contributed by atoms with van der Waals surface area (Å²) in [6.07, 6.45) is 1.08. The van der Waals surface area contributed by atoms with Crippen molar-refractivity contribution in [1.29, 1.82) is 0 Å². The summed E-state index contributed by atoms with van der Waals surface area (Å²) in [6.45, 7) is 2.26. The third-order valence-corrected chi connectivity index (χ3v) is 6.27. The Bertz CT molecular complexity index is 1250. The van der Waals surface area contributed by atoms with Gasteiger partial charge in [-0.2, -0.15) is 0 Å². The molecule has 0 saturated heterocycles. The summed E-state index contributed by atoms with van der Waals surface area (Å²) in [5, 5.41) is 14.1. The number of rotatable bonds is 13. The van der Waals surface area contributed by atoms with Crippen LogP contribution in [0.25, 0.3) is 0 Å². The highest BCUT2D eigenvalue weighted by Gasteiger charge is 2.30.